The molecule has 2 N–H and O–H groups in total. The molecule has 0 aromatic rings. The number of hydrogen-bond acceptors (Lipinski definition) is 6. The van der Waals surface area contributed by atoms with E-state index in [9.17, 15) is 19.2 Å². The molecule has 0 aliphatic rings. The van der Waals surface area contributed by atoms with Crippen molar-refractivity contribution in [1.29, 1.82) is 0 Å². The highest BCUT2D eigenvalue weighted by atomic mass is 16.5. The fourth-order valence-corrected chi connectivity index (χ4v) is 0.938. The first-order chi connectivity index (χ1) is 10.1. The van der Waals surface area contributed by atoms with Crippen LogP contribution in [-0.2, 0) is 28.7 Å². The van der Waals surface area contributed by atoms with E-state index in [-0.39, 0.29) is 32.0 Å². The van der Waals surface area contributed by atoms with Crippen LogP contribution in [0.4, 0.5) is 0 Å². The number of ether oxygens (including phenoxy) is 2. The Kier molecular flexibility index (Phi) is 17.2. The predicted octanol–water partition coefficient (Wildman–Crippen LogP) is 1.55. The van der Waals surface area contributed by atoms with E-state index >= 15 is 0 Å². The van der Waals surface area contributed by atoms with E-state index in [1.807, 2.05) is 0 Å². The fourth-order valence-electron chi connectivity index (χ4n) is 0.938. The van der Waals surface area contributed by atoms with Crippen LogP contribution < -0.4 is 0 Å². The highest BCUT2D eigenvalue weighted by molar-refractivity contribution is 5.80. The minimum Gasteiger partial charge on any atom is -0.481 e. The van der Waals surface area contributed by atoms with E-state index < -0.39 is 24.1 Å². The maximum Gasteiger partial charge on any atom is 0.332 e. The van der Waals surface area contributed by atoms with Crippen molar-refractivity contribution in [2.45, 2.75) is 60.2 Å². The van der Waals surface area contributed by atoms with Gasteiger partial charge in [0.25, 0.3) is 0 Å². The van der Waals surface area contributed by atoms with Crippen molar-refractivity contribution in [3.63, 3.8) is 0 Å². The Morgan fingerprint density at radius 1 is 0.913 bits per heavy atom. The highest BCUT2D eigenvalue weighted by Gasteiger charge is 2.17. The first kappa shape index (κ1) is 26.1. The summed E-state index contributed by atoms with van der Waals surface area (Å²) in [5.41, 5.74) is 0. The van der Waals surface area contributed by atoms with Gasteiger partial charge in [0.15, 0.2) is 11.9 Å². The normalized spacial score (nSPS) is 12.0. The third-order valence-corrected chi connectivity index (χ3v) is 2.39. The Hall–Kier alpha value is -1.80. The zero-order valence-corrected chi connectivity index (χ0v) is 13.3. The molecule has 0 bridgehead atoms. The topological polar surface area (TPSA) is 127 Å². The first-order valence-electron chi connectivity index (χ1n) is 6.75. The molecule has 0 radical (unpaired) electrons. The number of carboxylic acids is 2. The van der Waals surface area contributed by atoms with E-state index in [0.29, 0.717) is 13.0 Å². The maximum atomic E-state index is 10.6. The molecule has 136 valence electrons. The number of Topliss-reactive ketones (excluding diaryl/α,β-unsaturated/α-hetero) is 2. The van der Waals surface area contributed by atoms with Gasteiger partial charge in [-0.2, -0.15) is 0 Å². The molecule has 0 saturated carbocycles. The smallest absolute Gasteiger partial charge is 0.332 e. The second-order valence-electron chi connectivity index (χ2n) is 4.58. The molecule has 0 saturated heterocycles. The molecule has 8 heteroatoms. The van der Waals surface area contributed by atoms with Gasteiger partial charge in [0.2, 0.25) is 0 Å². The van der Waals surface area contributed by atoms with Crippen molar-refractivity contribution in [1.82, 2.24) is 0 Å². The second kappa shape index (κ2) is 15.1. The minimum absolute atomic E-state index is 0. The Morgan fingerprint density at radius 2 is 1.39 bits per heavy atom. The van der Waals surface area contributed by atoms with E-state index in [4.69, 9.17) is 19.7 Å². The maximum absolute atomic E-state index is 10.6. The van der Waals surface area contributed by atoms with E-state index in [0.717, 1.165) is 0 Å². The summed E-state index contributed by atoms with van der Waals surface area (Å²) >= 11 is 0. The van der Waals surface area contributed by atoms with Crippen molar-refractivity contribution in [3.05, 3.63) is 0 Å². The van der Waals surface area contributed by atoms with Crippen LogP contribution in [0, 0.1) is 0 Å². The number of rotatable bonds is 10. The van der Waals surface area contributed by atoms with Crippen molar-refractivity contribution < 1.29 is 38.9 Å². The van der Waals surface area contributed by atoms with Crippen LogP contribution in [0.2, 0.25) is 0 Å². The Bertz CT molecular complexity index is 344. The van der Waals surface area contributed by atoms with E-state index in [2.05, 4.69) is 0 Å². The minimum atomic E-state index is -1.06. The number of hydrogen-bond donors (Lipinski definition) is 2. The molecule has 0 fully saturated rings. The molecule has 2 atom stereocenters. The SMILES string of the molecule is C.CC(=O)C(C)OC(C)C(=O)O.CC(=O)CCOCCC(=O)O. The Morgan fingerprint density at radius 3 is 1.74 bits per heavy atom. The zero-order chi connectivity index (χ0) is 17.7. The van der Waals surface area contributed by atoms with Crippen LogP contribution in [0.15, 0.2) is 0 Å². The first-order valence-corrected chi connectivity index (χ1v) is 6.75. The monoisotopic (exact) mass is 336 g/mol. The van der Waals surface area contributed by atoms with Gasteiger partial charge >= 0.3 is 11.9 Å². The van der Waals surface area contributed by atoms with Crippen LogP contribution in [0.5, 0.6) is 0 Å². The zero-order valence-electron chi connectivity index (χ0n) is 13.3. The largest absolute Gasteiger partial charge is 0.481 e. The Labute approximate surface area is 136 Å². The summed E-state index contributed by atoms with van der Waals surface area (Å²) in [4.78, 5) is 41.1. The summed E-state index contributed by atoms with van der Waals surface area (Å²) in [5, 5.41) is 16.6. The number of carboxylic acid groups (broad SMARTS) is 2. The molecule has 0 aromatic heterocycles. The summed E-state index contributed by atoms with van der Waals surface area (Å²) in [6, 6.07) is 0. The van der Waals surface area contributed by atoms with Crippen molar-refractivity contribution in [2.75, 3.05) is 13.2 Å². The number of carbonyl (C=O) groups excluding carboxylic acids is 2. The molecule has 0 rings (SSSR count). The average Bonchev–Trinajstić information content (AvgIpc) is 2.37. The lowest BCUT2D eigenvalue weighted by Crippen LogP contribution is -2.28. The third kappa shape index (κ3) is 20.2. The van der Waals surface area contributed by atoms with E-state index in [1.54, 1.807) is 0 Å². The van der Waals surface area contributed by atoms with E-state index in [1.165, 1.54) is 27.7 Å². The molecule has 0 aliphatic carbocycles. The number of aliphatic carboxylic acids is 2. The molecule has 0 aliphatic heterocycles. The van der Waals surface area contributed by atoms with Gasteiger partial charge in [-0.1, -0.05) is 7.43 Å². The molecule has 0 spiro atoms. The van der Waals surface area contributed by atoms with Gasteiger partial charge in [-0.05, 0) is 27.7 Å². The Balaban J connectivity index is -0.000000333. The van der Waals surface area contributed by atoms with Crippen LogP contribution in [0.3, 0.4) is 0 Å². The predicted molar refractivity (Wildman–Crippen MR) is 83.4 cm³/mol. The number of carbonyl (C=O) groups is 4. The average molecular weight is 336 g/mol. The standard InChI is InChI=1S/2C7H12O4.CH4/c1-6(8)2-4-11-5-3-7(9)10;1-4(8)5(2)11-6(3)7(9)10;/h2-5H2,1H3,(H,9,10);5-6H,1-3H3,(H,9,10);1H4. The number of ketones is 2. The fraction of sp³-hybridized carbons (Fsp3) is 0.733. The van der Waals surface area contributed by atoms with Gasteiger partial charge in [-0.15, -0.1) is 0 Å². The van der Waals surface area contributed by atoms with Gasteiger partial charge in [0.05, 0.1) is 19.6 Å². The second-order valence-corrected chi connectivity index (χ2v) is 4.58. The van der Waals surface area contributed by atoms with Gasteiger partial charge in [0, 0.05) is 6.42 Å². The lowest BCUT2D eigenvalue weighted by molar-refractivity contribution is -0.154. The van der Waals surface area contributed by atoms with Crippen molar-refractivity contribution >= 4 is 23.5 Å². The van der Waals surface area contributed by atoms with Gasteiger partial charge in [0.1, 0.15) is 11.9 Å². The molecular weight excluding hydrogens is 308 g/mol. The third-order valence-electron chi connectivity index (χ3n) is 2.39. The van der Waals surface area contributed by atoms with Crippen LogP contribution in [0.25, 0.3) is 0 Å². The summed E-state index contributed by atoms with van der Waals surface area (Å²) < 4.78 is 9.68. The molecular formula is C15H28O8. The van der Waals surface area contributed by atoms with Crippen molar-refractivity contribution in [2.24, 2.45) is 0 Å². The summed E-state index contributed by atoms with van der Waals surface area (Å²) in [6.07, 6.45) is -1.20. The van der Waals surface area contributed by atoms with Crippen molar-refractivity contribution in [3.8, 4) is 0 Å². The molecule has 0 heterocycles. The summed E-state index contributed by atoms with van der Waals surface area (Å²) in [7, 11) is 0. The quantitative estimate of drug-likeness (QED) is 0.575. The molecule has 8 nitrogen and oxygen atoms in total. The summed E-state index contributed by atoms with van der Waals surface area (Å²) in [5.74, 6) is -2.05. The lowest BCUT2D eigenvalue weighted by Gasteiger charge is -2.12. The molecule has 2 unspecified atom stereocenters. The molecule has 0 aromatic carbocycles. The van der Waals surface area contributed by atoms with Crippen LogP contribution in [-0.4, -0.2) is 59.1 Å². The van der Waals surface area contributed by atoms with Gasteiger partial charge in [-0.3, -0.25) is 14.4 Å². The molecule has 0 amide bonds. The molecule has 23 heavy (non-hydrogen) atoms. The highest BCUT2D eigenvalue weighted by Crippen LogP contribution is 1.98. The summed E-state index contributed by atoms with van der Waals surface area (Å²) in [6.45, 7) is 6.26. The van der Waals surface area contributed by atoms with Gasteiger partial charge < -0.3 is 19.7 Å². The van der Waals surface area contributed by atoms with Gasteiger partial charge in [-0.25, -0.2) is 4.79 Å². The van der Waals surface area contributed by atoms with Crippen LogP contribution in [0.1, 0.15) is 48.0 Å². The lowest BCUT2D eigenvalue weighted by atomic mass is 10.3. The van der Waals surface area contributed by atoms with Crippen LogP contribution >= 0.6 is 0 Å².